The number of anilines is 1. The molecule has 0 atom stereocenters. The SMILES string of the molecule is COc1ccccc1-c1nc(CC(=O)Nc2ccc3[nH]c(=O)oc3c2)c(C)o1. The molecule has 0 aliphatic heterocycles. The Morgan fingerprint density at radius 1 is 1.21 bits per heavy atom. The Bertz CT molecular complexity index is 1220. The molecular weight excluding hydrogens is 362 g/mol. The molecular formula is C20H17N3O5. The van der Waals surface area contributed by atoms with E-state index in [-0.39, 0.29) is 12.3 Å². The lowest BCUT2D eigenvalue weighted by atomic mass is 10.2. The van der Waals surface area contributed by atoms with Gasteiger partial charge in [-0.05, 0) is 31.2 Å². The van der Waals surface area contributed by atoms with Gasteiger partial charge < -0.3 is 18.9 Å². The number of methoxy groups -OCH3 is 1. The molecule has 142 valence electrons. The molecule has 4 rings (SSSR count). The number of para-hydroxylation sites is 1. The Kier molecular flexibility index (Phi) is 4.44. The number of ether oxygens (including phenoxy) is 1. The van der Waals surface area contributed by atoms with Crippen molar-refractivity contribution in [2.45, 2.75) is 13.3 Å². The number of hydrogen-bond donors (Lipinski definition) is 2. The molecule has 1 amide bonds. The summed E-state index contributed by atoms with van der Waals surface area (Å²) in [5, 5.41) is 2.77. The summed E-state index contributed by atoms with van der Waals surface area (Å²) in [6, 6.07) is 12.3. The highest BCUT2D eigenvalue weighted by Crippen LogP contribution is 2.30. The van der Waals surface area contributed by atoms with Crippen molar-refractivity contribution in [3.8, 4) is 17.2 Å². The lowest BCUT2D eigenvalue weighted by molar-refractivity contribution is -0.115. The lowest BCUT2D eigenvalue weighted by Gasteiger charge is -2.04. The van der Waals surface area contributed by atoms with E-state index >= 15 is 0 Å². The quantitative estimate of drug-likeness (QED) is 0.551. The zero-order chi connectivity index (χ0) is 19.7. The number of carbonyl (C=O) groups is 1. The van der Waals surface area contributed by atoms with E-state index in [0.29, 0.717) is 45.4 Å². The van der Waals surface area contributed by atoms with E-state index in [1.165, 1.54) is 0 Å². The van der Waals surface area contributed by atoms with Gasteiger partial charge in [-0.25, -0.2) is 9.78 Å². The van der Waals surface area contributed by atoms with Crippen molar-refractivity contribution < 1.29 is 18.4 Å². The summed E-state index contributed by atoms with van der Waals surface area (Å²) in [4.78, 5) is 30.7. The number of carbonyl (C=O) groups excluding carboxylic acids is 1. The third-order valence-electron chi connectivity index (χ3n) is 4.26. The lowest BCUT2D eigenvalue weighted by Crippen LogP contribution is -2.15. The molecule has 0 saturated carbocycles. The van der Waals surface area contributed by atoms with E-state index in [9.17, 15) is 9.59 Å². The highest BCUT2D eigenvalue weighted by atomic mass is 16.5. The molecule has 8 nitrogen and oxygen atoms in total. The first-order valence-electron chi connectivity index (χ1n) is 8.56. The number of nitrogens with zero attached hydrogens (tertiary/aromatic N) is 1. The van der Waals surface area contributed by atoms with Gasteiger partial charge in [0.05, 0.1) is 30.3 Å². The highest BCUT2D eigenvalue weighted by Gasteiger charge is 2.17. The van der Waals surface area contributed by atoms with Gasteiger partial charge >= 0.3 is 5.76 Å². The molecule has 0 aliphatic rings. The Hall–Kier alpha value is -3.81. The van der Waals surface area contributed by atoms with Crippen molar-refractivity contribution in [1.82, 2.24) is 9.97 Å². The number of amides is 1. The predicted molar refractivity (Wildman–Crippen MR) is 102 cm³/mol. The van der Waals surface area contributed by atoms with Crippen LogP contribution in [0.3, 0.4) is 0 Å². The van der Waals surface area contributed by atoms with Crippen LogP contribution in [-0.2, 0) is 11.2 Å². The van der Waals surface area contributed by atoms with Gasteiger partial charge in [0.25, 0.3) is 0 Å². The minimum absolute atomic E-state index is 0.0413. The number of nitrogens with one attached hydrogen (secondary N) is 2. The molecule has 8 heteroatoms. The minimum Gasteiger partial charge on any atom is -0.496 e. The summed E-state index contributed by atoms with van der Waals surface area (Å²) in [7, 11) is 1.58. The van der Waals surface area contributed by atoms with Crippen LogP contribution in [0.25, 0.3) is 22.6 Å². The van der Waals surface area contributed by atoms with Crippen LogP contribution in [0, 0.1) is 6.92 Å². The monoisotopic (exact) mass is 379 g/mol. The van der Waals surface area contributed by atoms with Crippen LogP contribution in [0.2, 0.25) is 0 Å². The number of aromatic amines is 1. The van der Waals surface area contributed by atoms with Gasteiger partial charge in [0.2, 0.25) is 11.8 Å². The molecule has 2 aromatic heterocycles. The second-order valence-corrected chi connectivity index (χ2v) is 6.17. The van der Waals surface area contributed by atoms with E-state index in [2.05, 4.69) is 15.3 Å². The van der Waals surface area contributed by atoms with Gasteiger partial charge in [-0.3, -0.25) is 9.78 Å². The van der Waals surface area contributed by atoms with Gasteiger partial charge in [-0.15, -0.1) is 0 Å². The number of fused-ring (bicyclic) bond motifs is 1. The molecule has 4 aromatic rings. The average Bonchev–Trinajstić information content (AvgIpc) is 3.22. The molecule has 0 unspecified atom stereocenters. The van der Waals surface area contributed by atoms with Crippen molar-refractivity contribution in [2.24, 2.45) is 0 Å². The minimum atomic E-state index is -0.541. The summed E-state index contributed by atoms with van der Waals surface area (Å²) < 4.78 is 16.1. The fraction of sp³-hybridized carbons (Fsp3) is 0.150. The van der Waals surface area contributed by atoms with Crippen LogP contribution in [-0.4, -0.2) is 23.0 Å². The molecule has 28 heavy (non-hydrogen) atoms. The second-order valence-electron chi connectivity index (χ2n) is 6.17. The number of aromatic nitrogens is 2. The van der Waals surface area contributed by atoms with Crippen molar-refractivity contribution in [1.29, 1.82) is 0 Å². The van der Waals surface area contributed by atoms with Gasteiger partial charge in [-0.1, -0.05) is 12.1 Å². The zero-order valence-corrected chi connectivity index (χ0v) is 15.2. The van der Waals surface area contributed by atoms with E-state index in [1.807, 2.05) is 24.3 Å². The van der Waals surface area contributed by atoms with E-state index in [1.54, 1.807) is 32.2 Å². The van der Waals surface area contributed by atoms with Gasteiger partial charge in [0.1, 0.15) is 11.5 Å². The Balaban J connectivity index is 1.52. The largest absolute Gasteiger partial charge is 0.496 e. The molecule has 0 aliphatic carbocycles. The molecule has 2 heterocycles. The summed E-state index contributed by atoms with van der Waals surface area (Å²) >= 11 is 0. The summed E-state index contributed by atoms with van der Waals surface area (Å²) in [5.74, 6) is 0.790. The van der Waals surface area contributed by atoms with Crippen LogP contribution in [0.5, 0.6) is 5.75 Å². The maximum atomic E-state index is 12.4. The molecule has 0 radical (unpaired) electrons. The number of rotatable bonds is 5. The summed E-state index contributed by atoms with van der Waals surface area (Å²) in [6.07, 6.45) is 0.0413. The van der Waals surface area contributed by atoms with Crippen molar-refractivity contribution in [3.63, 3.8) is 0 Å². The molecule has 0 bridgehead atoms. The van der Waals surface area contributed by atoms with Gasteiger partial charge in [0.15, 0.2) is 5.58 Å². The van der Waals surface area contributed by atoms with Crippen LogP contribution in [0.4, 0.5) is 5.69 Å². The van der Waals surface area contributed by atoms with E-state index in [4.69, 9.17) is 13.6 Å². The van der Waals surface area contributed by atoms with Crippen molar-refractivity contribution in [2.75, 3.05) is 12.4 Å². The first-order valence-corrected chi connectivity index (χ1v) is 8.56. The smallest absolute Gasteiger partial charge is 0.417 e. The van der Waals surface area contributed by atoms with E-state index < -0.39 is 5.76 Å². The third-order valence-corrected chi connectivity index (χ3v) is 4.26. The van der Waals surface area contributed by atoms with Crippen LogP contribution in [0.15, 0.2) is 56.1 Å². The first-order chi connectivity index (χ1) is 13.5. The van der Waals surface area contributed by atoms with Gasteiger partial charge in [-0.2, -0.15) is 0 Å². The second kappa shape index (κ2) is 7.07. The zero-order valence-electron chi connectivity index (χ0n) is 15.2. The predicted octanol–water partition coefficient (Wildman–Crippen LogP) is 3.27. The standard InChI is InChI=1S/C20H17N3O5/c1-11-15(22-19(27-11)13-5-3-4-6-16(13)26-2)10-18(24)21-12-7-8-14-17(9-12)28-20(25)23-14/h3-9H,10H2,1-2H3,(H,21,24)(H,23,25). The van der Waals surface area contributed by atoms with Crippen LogP contribution < -0.4 is 15.8 Å². The number of H-pyrrole nitrogens is 1. The molecule has 0 fully saturated rings. The first kappa shape index (κ1) is 17.6. The van der Waals surface area contributed by atoms with Crippen LogP contribution >= 0.6 is 0 Å². The normalized spacial score (nSPS) is 10.9. The molecule has 0 spiro atoms. The summed E-state index contributed by atoms with van der Waals surface area (Å²) in [6.45, 7) is 1.76. The van der Waals surface area contributed by atoms with Crippen LogP contribution in [0.1, 0.15) is 11.5 Å². The molecule has 0 saturated heterocycles. The van der Waals surface area contributed by atoms with Gasteiger partial charge in [0, 0.05) is 11.8 Å². The van der Waals surface area contributed by atoms with E-state index in [0.717, 1.165) is 0 Å². The fourth-order valence-electron chi connectivity index (χ4n) is 2.91. The maximum Gasteiger partial charge on any atom is 0.417 e. The van der Waals surface area contributed by atoms with Crippen molar-refractivity contribution in [3.05, 3.63) is 64.5 Å². The fourth-order valence-corrected chi connectivity index (χ4v) is 2.91. The number of aryl methyl sites for hydroxylation is 1. The maximum absolute atomic E-state index is 12.4. The number of benzene rings is 2. The molecule has 2 aromatic carbocycles. The number of hydrogen-bond acceptors (Lipinski definition) is 6. The Labute approximate surface area is 159 Å². The van der Waals surface area contributed by atoms with Crippen molar-refractivity contribution >= 4 is 22.7 Å². The average molecular weight is 379 g/mol. The Morgan fingerprint density at radius 2 is 2.04 bits per heavy atom. The Morgan fingerprint density at radius 3 is 2.86 bits per heavy atom. The number of oxazole rings is 2. The third kappa shape index (κ3) is 3.39. The highest BCUT2D eigenvalue weighted by molar-refractivity contribution is 5.93. The molecule has 2 N–H and O–H groups in total. The summed E-state index contributed by atoms with van der Waals surface area (Å²) in [5.41, 5.74) is 2.71. The topological polar surface area (TPSA) is 110 Å².